The third kappa shape index (κ3) is 4.02. The monoisotopic (exact) mass is 263 g/mol. The Hall–Kier alpha value is -1.97. The van der Waals surface area contributed by atoms with E-state index in [9.17, 15) is 4.79 Å². The molecule has 0 bridgehead atoms. The summed E-state index contributed by atoms with van der Waals surface area (Å²) in [5, 5.41) is 0. The van der Waals surface area contributed by atoms with E-state index >= 15 is 0 Å². The molecule has 0 aliphatic heterocycles. The summed E-state index contributed by atoms with van der Waals surface area (Å²) in [5.41, 5.74) is 1.90. The molecule has 1 aromatic carbocycles. The molecule has 1 aromatic rings. The first kappa shape index (κ1) is 15.1. The Bertz CT molecular complexity index is 476. The molecule has 0 aliphatic rings. The molecule has 0 atom stereocenters. The molecule has 0 spiro atoms. The summed E-state index contributed by atoms with van der Waals surface area (Å²) in [6, 6.07) is 5.64. The Kier molecular flexibility index (Phi) is 5.42. The zero-order chi connectivity index (χ0) is 14.4. The number of likely N-dealkylation sites (N-methyl/N-ethyl adjacent to an activating group) is 1. The van der Waals surface area contributed by atoms with Gasteiger partial charge in [-0.15, -0.1) is 0 Å². The van der Waals surface area contributed by atoms with Gasteiger partial charge in [0.15, 0.2) is 11.5 Å². The van der Waals surface area contributed by atoms with Gasteiger partial charge in [-0.25, -0.2) is 0 Å². The number of rotatable bonds is 5. The topological polar surface area (TPSA) is 38.8 Å². The van der Waals surface area contributed by atoms with Crippen molar-refractivity contribution in [2.45, 2.75) is 20.4 Å². The molecule has 0 radical (unpaired) electrons. The van der Waals surface area contributed by atoms with E-state index in [-0.39, 0.29) is 5.91 Å². The van der Waals surface area contributed by atoms with Gasteiger partial charge in [-0.2, -0.15) is 0 Å². The summed E-state index contributed by atoms with van der Waals surface area (Å²) in [5.74, 6) is 1.31. The first-order chi connectivity index (χ1) is 8.99. The van der Waals surface area contributed by atoms with Crippen molar-refractivity contribution in [2.75, 3.05) is 21.3 Å². The number of benzene rings is 1. The van der Waals surface area contributed by atoms with Gasteiger partial charge >= 0.3 is 0 Å². The normalized spacial score (nSPS) is 9.74. The van der Waals surface area contributed by atoms with Crippen LogP contribution in [-0.2, 0) is 11.3 Å². The fourth-order valence-corrected chi connectivity index (χ4v) is 1.77. The lowest BCUT2D eigenvalue weighted by Gasteiger charge is -2.18. The molecule has 0 unspecified atom stereocenters. The lowest BCUT2D eigenvalue weighted by molar-refractivity contribution is -0.125. The SMILES string of the molecule is COc1cccc(CN(C)C(=O)C=C(C)C)c1OC. The largest absolute Gasteiger partial charge is 0.493 e. The van der Waals surface area contributed by atoms with Gasteiger partial charge in [-0.1, -0.05) is 17.7 Å². The summed E-state index contributed by atoms with van der Waals surface area (Å²) >= 11 is 0. The zero-order valence-corrected chi connectivity index (χ0v) is 12.2. The van der Waals surface area contributed by atoms with Gasteiger partial charge in [0, 0.05) is 25.2 Å². The highest BCUT2D eigenvalue weighted by Crippen LogP contribution is 2.31. The molecular weight excluding hydrogens is 242 g/mol. The van der Waals surface area contributed by atoms with E-state index in [1.807, 2.05) is 32.0 Å². The predicted molar refractivity (Wildman–Crippen MR) is 75.5 cm³/mol. The molecule has 1 amide bonds. The van der Waals surface area contributed by atoms with E-state index in [0.29, 0.717) is 18.0 Å². The minimum Gasteiger partial charge on any atom is -0.493 e. The Morgan fingerprint density at radius 3 is 2.47 bits per heavy atom. The van der Waals surface area contributed by atoms with Crippen molar-refractivity contribution >= 4 is 5.91 Å². The van der Waals surface area contributed by atoms with E-state index in [2.05, 4.69) is 0 Å². The summed E-state index contributed by atoms with van der Waals surface area (Å²) in [4.78, 5) is 13.5. The van der Waals surface area contributed by atoms with Crippen molar-refractivity contribution in [3.63, 3.8) is 0 Å². The Balaban J connectivity index is 2.93. The third-order valence-corrected chi connectivity index (χ3v) is 2.68. The second-order valence-corrected chi connectivity index (χ2v) is 4.57. The summed E-state index contributed by atoms with van der Waals surface area (Å²) in [7, 11) is 4.96. The lowest BCUT2D eigenvalue weighted by Crippen LogP contribution is -2.24. The number of nitrogens with zero attached hydrogens (tertiary/aromatic N) is 1. The van der Waals surface area contributed by atoms with Crippen LogP contribution in [0.3, 0.4) is 0 Å². The molecule has 19 heavy (non-hydrogen) atoms. The van der Waals surface area contributed by atoms with E-state index in [4.69, 9.17) is 9.47 Å². The van der Waals surface area contributed by atoms with Gasteiger partial charge in [-0.3, -0.25) is 4.79 Å². The van der Waals surface area contributed by atoms with Crippen LogP contribution in [0.25, 0.3) is 0 Å². The minimum atomic E-state index is -0.0233. The van der Waals surface area contributed by atoms with E-state index in [1.54, 1.807) is 32.2 Å². The van der Waals surface area contributed by atoms with Crippen molar-refractivity contribution in [1.82, 2.24) is 4.90 Å². The predicted octanol–water partition coefficient (Wildman–Crippen LogP) is 2.63. The minimum absolute atomic E-state index is 0.0233. The van der Waals surface area contributed by atoms with Crippen LogP contribution in [0.2, 0.25) is 0 Å². The van der Waals surface area contributed by atoms with Crippen LogP contribution in [-0.4, -0.2) is 32.1 Å². The summed E-state index contributed by atoms with van der Waals surface area (Å²) in [6.45, 7) is 4.28. The fraction of sp³-hybridized carbons (Fsp3) is 0.400. The number of amides is 1. The first-order valence-electron chi connectivity index (χ1n) is 6.09. The van der Waals surface area contributed by atoms with Gasteiger partial charge in [0.2, 0.25) is 5.91 Å². The molecule has 0 N–H and O–H groups in total. The number of allylic oxidation sites excluding steroid dienone is 1. The van der Waals surface area contributed by atoms with Crippen molar-refractivity contribution in [1.29, 1.82) is 0 Å². The summed E-state index contributed by atoms with van der Waals surface area (Å²) in [6.07, 6.45) is 1.62. The maximum Gasteiger partial charge on any atom is 0.246 e. The van der Waals surface area contributed by atoms with Crippen LogP contribution in [0.1, 0.15) is 19.4 Å². The maximum atomic E-state index is 11.9. The van der Waals surface area contributed by atoms with Crippen LogP contribution in [0.5, 0.6) is 11.5 Å². The average molecular weight is 263 g/mol. The van der Waals surface area contributed by atoms with E-state index in [1.165, 1.54) is 0 Å². The number of carbonyl (C=O) groups excluding carboxylic acids is 1. The number of hydrogen-bond donors (Lipinski definition) is 0. The number of methoxy groups -OCH3 is 2. The molecule has 0 saturated carbocycles. The number of ether oxygens (including phenoxy) is 2. The van der Waals surface area contributed by atoms with Gasteiger partial charge < -0.3 is 14.4 Å². The van der Waals surface area contributed by atoms with E-state index < -0.39 is 0 Å². The lowest BCUT2D eigenvalue weighted by atomic mass is 10.1. The van der Waals surface area contributed by atoms with Gasteiger partial charge in [0.25, 0.3) is 0 Å². The standard InChI is InChI=1S/C15H21NO3/c1-11(2)9-14(17)16(3)10-12-7-6-8-13(18-4)15(12)19-5/h6-9H,10H2,1-5H3. The second-order valence-electron chi connectivity index (χ2n) is 4.57. The van der Waals surface area contributed by atoms with Gasteiger partial charge in [0.05, 0.1) is 14.2 Å². The molecule has 0 saturated heterocycles. The van der Waals surface area contributed by atoms with Crippen molar-refractivity contribution < 1.29 is 14.3 Å². The van der Waals surface area contributed by atoms with Gasteiger partial charge in [-0.05, 0) is 19.9 Å². The molecule has 0 heterocycles. The van der Waals surface area contributed by atoms with E-state index in [0.717, 1.165) is 11.1 Å². The van der Waals surface area contributed by atoms with Crippen molar-refractivity contribution in [2.24, 2.45) is 0 Å². The Morgan fingerprint density at radius 2 is 1.95 bits per heavy atom. The van der Waals surface area contributed by atoms with Crippen molar-refractivity contribution in [3.8, 4) is 11.5 Å². The highest BCUT2D eigenvalue weighted by molar-refractivity contribution is 5.87. The van der Waals surface area contributed by atoms with Crippen LogP contribution in [0.15, 0.2) is 29.8 Å². The fourth-order valence-electron chi connectivity index (χ4n) is 1.77. The zero-order valence-electron chi connectivity index (χ0n) is 12.2. The molecule has 0 aromatic heterocycles. The molecule has 1 rings (SSSR count). The molecule has 104 valence electrons. The summed E-state index contributed by atoms with van der Waals surface area (Å²) < 4.78 is 10.6. The average Bonchev–Trinajstić information content (AvgIpc) is 2.37. The first-order valence-corrected chi connectivity index (χ1v) is 6.09. The second kappa shape index (κ2) is 6.83. The van der Waals surface area contributed by atoms with Crippen LogP contribution in [0, 0.1) is 0 Å². The highest BCUT2D eigenvalue weighted by atomic mass is 16.5. The van der Waals surface area contributed by atoms with Gasteiger partial charge in [0.1, 0.15) is 0 Å². The van der Waals surface area contributed by atoms with Crippen LogP contribution < -0.4 is 9.47 Å². The number of para-hydroxylation sites is 1. The molecule has 0 fully saturated rings. The Labute approximate surface area is 114 Å². The van der Waals surface area contributed by atoms with Crippen LogP contribution in [0.4, 0.5) is 0 Å². The molecular formula is C15H21NO3. The number of carbonyl (C=O) groups is 1. The molecule has 4 heteroatoms. The Morgan fingerprint density at radius 1 is 1.26 bits per heavy atom. The molecule has 0 aliphatic carbocycles. The maximum absolute atomic E-state index is 11.9. The quantitative estimate of drug-likeness (QED) is 0.767. The molecule has 4 nitrogen and oxygen atoms in total. The smallest absolute Gasteiger partial charge is 0.246 e. The van der Waals surface area contributed by atoms with Crippen LogP contribution >= 0.6 is 0 Å². The van der Waals surface area contributed by atoms with Crippen molar-refractivity contribution in [3.05, 3.63) is 35.4 Å². The number of hydrogen-bond acceptors (Lipinski definition) is 3. The highest BCUT2D eigenvalue weighted by Gasteiger charge is 2.13. The third-order valence-electron chi connectivity index (χ3n) is 2.68.